The summed E-state index contributed by atoms with van der Waals surface area (Å²) >= 11 is 0. The normalized spacial score (nSPS) is 11.6. The number of carbonyl (C=O) groups is 2. The van der Waals surface area contributed by atoms with E-state index in [1.807, 2.05) is 0 Å². The number of aromatic nitrogens is 6. The van der Waals surface area contributed by atoms with E-state index in [4.69, 9.17) is 0 Å². The highest BCUT2D eigenvalue weighted by molar-refractivity contribution is 7.86. The highest BCUT2D eigenvalue weighted by Gasteiger charge is 2.20. The first-order chi connectivity index (χ1) is 31.3. The second-order valence-electron chi connectivity index (χ2n) is 14.4. The molecule has 6 rings (SSSR count). The quantitative estimate of drug-likeness (QED) is 0.0285. The number of ketones is 2. The molecule has 2 heterocycles. The number of anilines is 10. The first-order valence-corrected chi connectivity index (χ1v) is 22.5. The maximum atomic E-state index is 12.7. The number of aliphatic hydroxyl groups is 2. The lowest BCUT2D eigenvalue weighted by Gasteiger charge is -2.18. The number of nitrogens with zero attached hydrogens (tertiary/aromatic N) is 8. The third-order valence-corrected chi connectivity index (χ3v) is 11.3. The maximum absolute atomic E-state index is 12.7. The van der Waals surface area contributed by atoms with E-state index in [2.05, 4.69) is 51.2 Å². The molecule has 66 heavy (non-hydrogen) atoms. The smallest absolute Gasteiger partial charge is 0.295 e. The van der Waals surface area contributed by atoms with Gasteiger partial charge in [-0.15, -0.1) is 0 Å². The van der Waals surface area contributed by atoms with Crippen LogP contribution in [0.15, 0.2) is 94.7 Å². The van der Waals surface area contributed by atoms with E-state index in [0.717, 1.165) is 12.1 Å². The van der Waals surface area contributed by atoms with Gasteiger partial charge in [0.25, 0.3) is 20.2 Å². The van der Waals surface area contributed by atoms with Gasteiger partial charge in [-0.2, -0.15) is 46.7 Å². The molecule has 0 aliphatic rings. The number of rotatable bonds is 20. The van der Waals surface area contributed by atoms with Gasteiger partial charge < -0.3 is 41.3 Å². The molecule has 0 radical (unpaired) electrons. The molecule has 0 aliphatic heterocycles. The molecule has 0 fully saturated rings. The Labute approximate surface area is 379 Å². The number of nitrogens with one attached hydrogen (secondary N) is 4. The summed E-state index contributed by atoms with van der Waals surface area (Å²) < 4.78 is 71.4. The van der Waals surface area contributed by atoms with Crippen molar-refractivity contribution in [2.24, 2.45) is 0 Å². The predicted octanol–water partition coefficient (Wildman–Crippen LogP) is 4.96. The van der Waals surface area contributed by atoms with Gasteiger partial charge in [0.15, 0.2) is 11.6 Å². The fraction of sp³-hybridized carbons (Fsp3) is 0.190. The molecule has 0 aliphatic carbocycles. The first kappa shape index (κ1) is 48.0. The molecule has 0 spiro atoms. The van der Waals surface area contributed by atoms with Crippen molar-refractivity contribution >= 4 is 102 Å². The van der Waals surface area contributed by atoms with Gasteiger partial charge in [-0.3, -0.25) is 18.7 Å². The maximum Gasteiger partial charge on any atom is 0.295 e. The van der Waals surface area contributed by atoms with Gasteiger partial charge >= 0.3 is 0 Å². The Hall–Kier alpha value is -7.48. The van der Waals surface area contributed by atoms with E-state index in [-0.39, 0.29) is 96.1 Å². The summed E-state index contributed by atoms with van der Waals surface area (Å²) in [4.78, 5) is 51.7. The lowest BCUT2D eigenvalue weighted by molar-refractivity contribution is 0.100. The summed E-state index contributed by atoms with van der Waals surface area (Å²) in [6.45, 7) is 2.77. The molecule has 0 unspecified atom stereocenters. The summed E-state index contributed by atoms with van der Waals surface area (Å²) in [5.41, 5.74) is 2.16. The van der Waals surface area contributed by atoms with Crippen molar-refractivity contribution in [3.05, 3.63) is 107 Å². The van der Waals surface area contributed by atoms with E-state index in [0.29, 0.717) is 22.5 Å². The van der Waals surface area contributed by atoms with Crippen LogP contribution < -0.4 is 31.1 Å². The molecule has 0 amide bonds. The van der Waals surface area contributed by atoms with E-state index in [1.54, 1.807) is 72.4 Å². The molecule has 0 atom stereocenters. The highest BCUT2D eigenvalue weighted by atomic mass is 32.2. The SMILES string of the molecule is CC(=O)c1ccc(Nc2nc(Nc3ccc(/C=C/c4ccc(Nc5nc(Nc6ccc(C(C)=O)cc6)nc(N(C)CCO)n5)cc4S(=O)(=O)O)c(S(=O)(=O)O)c3)nc(N(C)CCO)n2)cc1. The number of likely N-dealkylation sites (N-methyl/N-ethyl adjacent to an activating group) is 2. The molecular formula is C42H44N12O10S2. The fourth-order valence-electron chi connectivity index (χ4n) is 6.01. The summed E-state index contributed by atoms with van der Waals surface area (Å²) in [5.74, 6) is 0.0533. The van der Waals surface area contributed by atoms with Gasteiger partial charge in [-0.05, 0) is 97.8 Å². The van der Waals surface area contributed by atoms with Gasteiger partial charge in [-0.25, -0.2) is 0 Å². The minimum Gasteiger partial charge on any atom is -0.395 e. The van der Waals surface area contributed by atoms with Gasteiger partial charge in [-0.1, -0.05) is 24.3 Å². The Morgan fingerprint density at radius 2 is 0.818 bits per heavy atom. The molecule has 4 aromatic carbocycles. The van der Waals surface area contributed by atoms with E-state index in [1.165, 1.54) is 50.3 Å². The van der Waals surface area contributed by atoms with Gasteiger partial charge in [0, 0.05) is 61.1 Å². The Morgan fingerprint density at radius 3 is 1.11 bits per heavy atom. The van der Waals surface area contributed by atoms with Crippen LogP contribution in [0.2, 0.25) is 0 Å². The van der Waals surface area contributed by atoms with Crippen molar-refractivity contribution in [3.63, 3.8) is 0 Å². The van der Waals surface area contributed by atoms with Crippen LogP contribution in [-0.4, -0.2) is 118 Å². The summed E-state index contributed by atoms with van der Waals surface area (Å²) in [6, 6.07) is 20.9. The van der Waals surface area contributed by atoms with Crippen LogP contribution in [0, 0.1) is 0 Å². The van der Waals surface area contributed by atoms with Crippen LogP contribution >= 0.6 is 0 Å². The van der Waals surface area contributed by atoms with E-state index < -0.39 is 30.0 Å². The van der Waals surface area contributed by atoms with Crippen LogP contribution in [0.4, 0.5) is 58.4 Å². The van der Waals surface area contributed by atoms with Crippen LogP contribution in [0.5, 0.6) is 0 Å². The average molecular weight is 941 g/mol. The Morgan fingerprint density at radius 1 is 0.515 bits per heavy atom. The largest absolute Gasteiger partial charge is 0.395 e. The number of aliphatic hydroxyl groups excluding tert-OH is 2. The standard InChI is InChI=1S/C42H44N12O10S2/c1-25(57)27-7-13-31(14-8-27)43-37-47-39(51-41(49-37)53(3)19-21-55)45-33-17-11-29(35(23-33)65(59,60)61)5-6-30-12-18-34(24-36(30)66(62,63)64)46-40-48-38(50-42(52-40)54(4)20-22-56)44-32-15-9-28(10-16-32)26(2)58/h5-18,23-24,55-56H,19-22H2,1-4H3,(H,59,60,61)(H,62,63,64)(H2,43,45,47,49,51)(H2,44,46,48,50,52)/b6-5+. The van der Waals surface area contributed by atoms with Crippen LogP contribution in [0.1, 0.15) is 45.7 Å². The summed E-state index contributed by atoms with van der Waals surface area (Å²) in [7, 11) is -6.55. The topological polar surface area (TPSA) is 315 Å². The number of hydrogen-bond donors (Lipinski definition) is 8. The summed E-state index contributed by atoms with van der Waals surface area (Å²) in [6.07, 6.45) is 2.45. The second kappa shape index (κ2) is 20.6. The zero-order chi connectivity index (χ0) is 47.8. The Bertz CT molecular complexity index is 2810. The second-order valence-corrected chi connectivity index (χ2v) is 17.2. The monoisotopic (exact) mass is 940 g/mol. The molecular weight excluding hydrogens is 897 g/mol. The number of Topliss-reactive ketones (excluding diaryl/α,β-unsaturated/α-hetero) is 2. The average Bonchev–Trinajstić information content (AvgIpc) is 3.26. The Balaban J connectivity index is 1.28. The lowest BCUT2D eigenvalue weighted by atomic mass is 10.1. The zero-order valence-corrected chi connectivity index (χ0v) is 37.3. The van der Waals surface area contributed by atoms with E-state index >= 15 is 0 Å². The van der Waals surface area contributed by atoms with Crippen molar-refractivity contribution in [2.45, 2.75) is 23.6 Å². The van der Waals surface area contributed by atoms with Gasteiger partial charge in [0.05, 0.1) is 13.2 Å². The lowest BCUT2D eigenvalue weighted by Crippen LogP contribution is -2.24. The zero-order valence-electron chi connectivity index (χ0n) is 35.7. The number of carbonyl (C=O) groups excluding carboxylic acids is 2. The molecule has 22 nitrogen and oxygen atoms in total. The first-order valence-electron chi connectivity index (χ1n) is 19.7. The molecule has 24 heteroatoms. The van der Waals surface area contributed by atoms with Crippen molar-refractivity contribution in [2.75, 3.05) is 71.5 Å². The molecule has 2 aromatic heterocycles. The summed E-state index contributed by atoms with van der Waals surface area (Å²) in [5, 5.41) is 30.9. The predicted molar refractivity (Wildman–Crippen MR) is 248 cm³/mol. The molecule has 344 valence electrons. The van der Waals surface area contributed by atoms with Crippen molar-refractivity contribution in [3.8, 4) is 0 Å². The molecule has 0 saturated carbocycles. The van der Waals surface area contributed by atoms with Crippen LogP contribution in [-0.2, 0) is 20.2 Å². The fourth-order valence-corrected chi connectivity index (χ4v) is 7.43. The van der Waals surface area contributed by atoms with Crippen molar-refractivity contribution < 1.29 is 45.7 Å². The third kappa shape index (κ3) is 12.6. The minimum atomic E-state index is -4.91. The molecule has 0 saturated heterocycles. The van der Waals surface area contributed by atoms with Crippen LogP contribution in [0.3, 0.4) is 0 Å². The molecule has 0 bridgehead atoms. The molecule has 6 aromatic rings. The van der Waals surface area contributed by atoms with Gasteiger partial charge in [0.2, 0.25) is 35.7 Å². The minimum absolute atomic E-state index is 0.0535. The van der Waals surface area contributed by atoms with Crippen LogP contribution in [0.25, 0.3) is 12.2 Å². The molecule has 8 N–H and O–H groups in total. The van der Waals surface area contributed by atoms with Gasteiger partial charge in [0.1, 0.15) is 9.79 Å². The van der Waals surface area contributed by atoms with E-state index in [9.17, 15) is 45.7 Å². The van der Waals surface area contributed by atoms with Crippen molar-refractivity contribution in [1.29, 1.82) is 0 Å². The third-order valence-electron chi connectivity index (χ3n) is 9.43. The highest BCUT2D eigenvalue weighted by Crippen LogP contribution is 2.29. The number of hydrogen-bond acceptors (Lipinski definition) is 20. The number of benzene rings is 4. The Kier molecular flexibility index (Phi) is 15.0. The van der Waals surface area contributed by atoms with Crippen molar-refractivity contribution in [1.82, 2.24) is 29.9 Å².